The lowest BCUT2D eigenvalue weighted by atomic mass is 10.0. The van der Waals surface area contributed by atoms with Gasteiger partial charge in [0.2, 0.25) is 0 Å². The van der Waals surface area contributed by atoms with Crippen molar-refractivity contribution in [3.63, 3.8) is 0 Å². The normalized spacial score (nSPS) is 12.0. The first-order valence-corrected chi connectivity index (χ1v) is 8.48. The number of hydrogen-bond acceptors (Lipinski definition) is 6. The number of aryl methyl sites for hydroxylation is 1. The van der Waals surface area contributed by atoms with Crippen LogP contribution in [0, 0.1) is 6.92 Å². The third-order valence-corrected chi connectivity index (χ3v) is 4.39. The molecule has 1 aromatic heterocycles. The smallest absolute Gasteiger partial charge is 0.253 e. The summed E-state index contributed by atoms with van der Waals surface area (Å²) in [5, 5.41) is 6.24. The highest BCUT2D eigenvalue weighted by Crippen LogP contribution is 2.32. The second kappa shape index (κ2) is 7.39. The molecule has 2 aromatic carbocycles. The second-order valence-electron chi connectivity index (χ2n) is 6.03. The zero-order valence-electron chi connectivity index (χ0n) is 15.0. The molecule has 0 saturated heterocycles. The Morgan fingerprint density at radius 1 is 1.08 bits per heavy atom. The lowest BCUT2D eigenvalue weighted by Gasteiger charge is -2.22. The molecule has 0 aliphatic heterocycles. The van der Waals surface area contributed by atoms with E-state index >= 15 is 0 Å². The topological polar surface area (TPSA) is 80.3 Å². The van der Waals surface area contributed by atoms with Crippen LogP contribution >= 0.6 is 0 Å². The maximum absolute atomic E-state index is 12.1. The van der Waals surface area contributed by atoms with Crippen LogP contribution < -0.4 is 26.2 Å². The van der Waals surface area contributed by atoms with E-state index in [0.29, 0.717) is 22.8 Å². The summed E-state index contributed by atoms with van der Waals surface area (Å²) in [6, 6.07) is 11.5. The molecule has 0 spiro atoms. The highest BCUT2D eigenvalue weighted by atomic mass is 16.5. The van der Waals surface area contributed by atoms with E-state index in [1.54, 1.807) is 19.4 Å². The third kappa shape index (κ3) is 3.18. The lowest BCUT2D eigenvalue weighted by molar-refractivity contribution is 0.411. The number of anilines is 3. The number of nitrogens with zero attached hydrogens (tertiary/aromatic N) is 1. The van der Waals surface area contributed by atoms with Gasteiger partial charge in [0.1, 0.15) is 11.4 Å². The molecule has 1 atom stereocenters. The van der Waals surface area contributed by atoms with Crippen molar-refractivity contribution in [1.29, 1.82) is 0 Å². The van der Waals surface area contributed by atoms with E-state index in [2.05, 4.69) is 15.6 Å². The predicted molar refractivity (Wildman–Crippen MR) is 103 cm³/mol. The van der Waals surface area contributed by atoms with Crippen molar-refractivity contribution in [3.05, 3.63) is 74.3 Å². The van der Waals surface area contributed by atoms with Crippen molar-refractivity contribution < 1.29 is 4.74 Å². The van der Waals surface area contributed by atoms with E-state index in [0.717, 1.165) is 12.0 Å². The third-order valence-electron chi connectivity index (χ3n) is 4.39. The van der Waals surface area contributed by atoms with Crippen molar-refractivity contribution in [2.45, 2.75) is 26.3 Å². The number of nitrogens with one attached hydrogen (secondary N) is 2. The Morgan fingerprint density at radius 3 is 2.42 bits per heavy atom. The Morgan fingerprint density at radius 2 is 1.77 bits per heavy atom. The van der Waals surface area contributed by atoms with E-state index in [1.807, 2.05) is 44.2 Å². The summed E-state index contributed by atoms with van der Waals surface area (Å²) in [6.45, 7) is 3.84. The van der Waals surface area contributed by atoms with Crippen LogP contribution in [0.2, 0.25) is 0 Å². The summed E-state index contributed by atoms with van der Waals surface area (Å²) in [4.78, 5) is 28.4. The number of aromatic nitrogens is 1. The van der Waals surface area contributed by atoms with E-state index in [-0.39, 0.29) is 11.7 Å². The minimum atomic E-state index is -0.535. The molecule has 0 aliphatic rings. The zero-order valence-corrected chi connectivity index (χ0v) is 15.0. The largest absolute Gasteiger partial charge is 0.493 e. The molecule has 0 radical (unpaired) electrons. The Labute approximate surface area is 151 Å². The Bertz CT molecular complexity index is 976. The van der Waals surface area contributed by atoms with Crippen molar-refractivity contribution in [2.75, 3.05) is 17.7 Å². The van der Waals surface area contributed by atoms with Crippen LogP contribution in [0.1, 0.15) is 30.6 Å². The van der Waals surface area contributed by atoms with Gasteiger partial charge in [-0.25, -0.2) is 0 Å². The molecular weight excluding hydrogens is 330 g/mol. The summed E-state index contributed by atoms with van der Waals surface area (Å²) >= 11 is 0. The second-order valence-corrected chi connectivity index (χ2v) is 6.03. The molecule has 0 saturated carbocycles. The van der Waals surface area contributed by atoms with Crippen molar-refractivity contribution in [1.82, 2.24) is 4.98 Å². The molecule has 0 amide bonds. The van der Waals surface area contributed by atoms with E-state index in [4.69, 9.17) is 4.74 Å². The SMILES string of the molecule is CCC(Nc1c(Nc2ccnc(C)c2OC)c(=O)c1=O)c1ccccc1. The molecule has 26 heavy (non-hydrogen) atoms. The fraction of sp³-hybridized carbons (Fsp3) is 0.250. The van der Waals surface area contributed by atoms with Crippen LogP contribution in [0.4, 0.5) is 17.1 Å². The molecule has 1 unspecified atom stereocenters. The number of pyridine rings is 1. The van der Waals surface area contributed by atoms with Gasteiger partial charge in [-0.2, -0.15) is 0 Å². The molecule has 6 nitrogen and oxygen atoms in total. The number of methoxy groups -OCH3 is 1. The molecule has 2 N–H and O–H groups in total. The van der Waals surface area contributed by atoms with Gasteiger partial charge in [-0.15, -0.1) is 0 Å². The molecule has 134 valence electrons. The number of rotatable bonds is 7. The molecular formula is C20H21N3O3. The number of ether oxygens (including phenoxy) is 1. The summed E-state index contributed by atoms with van der Waals surface area (Å²) < 4.78 is 5.35. The quantitative estimate of drug-likeness (QED) is 0.636. The molecule has 0 fully saturated rings. The van der Waals surface area contributed by atoms with Crippen LogP contribution in [0.15, 0.2) is 52.2 Å². The molecule has 0 aliphatic carbocycles. The van der Waals surface area contributed by atoms with Gasteiger partial charge in [0.15, 0.2) is 5.75 Å². The Kier molecular flexibility index (Phi) is 5.02. The van der Waals surface area contributed by atoms with Gasteiger partial charge in [-0.3, -0.25) is 14.6 Å². The van der Waals surface area contributed by atoms with Crippen molar-refractivity contribution in [3.8, 4) is 5.75 Å². The van der Waals surface area contributed by atoms with E-state index in [1.165, 1.54) is 0 Å². The van der Waals surface area contributed by atoms with Crippen molar-refractivity contribution >= 4 is 17.1 Å². The molecule has 3 rings (SSSR count). The molecule has 0 bridgehead atoms. The number of hydrogen-bond donors (Lipinski definition) is 2. The Hall–Kier alpha value is -3.15. The average molecular weight is 351 g/mol. The zero-order chi connectivity index (χ0) is 18.7. The van der Waals surface area contributed by atoms with Gasteiger partial charge in [-0.05, 0) is 25.0 Å². The minimum Gasteiger partial charge on any atom is -0.493 e. The molecule has 1 heterocycles. The first-order valence-electron chi connectivity index (χ1n) is 8.48. The highest BCUT2D eigenvalue weighted by molar-refractivity contribution is 5.81. The average Bonchev–Trinajstić information content (AvgIpc) is 2.68. The monoisotopic (exact) mass is 351 g/mol. The van der Waals surface area contributed by atoms with Gasteiger partial charge in [-0.1, -0.05) is 37.3 Å². The summed E-state index contributed by atoms with van der Waals surface area (Å²) in [5.74, 6) is 0.543. The highest BCUT2D eigenvalue weighted by Gasteiger charge is 2.24. The molecule has 3 aromatic rings. The van der Waals surface area contributed by atoms with E-state index in [9.17, 15) is 9.59 Å². The summed E-state index contributed by atoms with van der Waals surface area (Å²) in [7, 11) is 1.54. The first kappa shape index (κ1) is 17.7. The summed E-state index contributed by atoms with van der Waals surface area (Å²) in [6.07, 6.45) is 2.40. The van der Waals surface area contributed by atoms with Crippen LogP contribution in [-0.2, 0) is 0 Å². The van der Waals surface area contributed by atoms with Gasteiger partial charge < -0.3 is 15.4 Å². The van der Waals surface area contributed by atoms with Gasteiger partial charge in [0.25, 0.3) is 10.9 Å². The molecule has 6 heteroatoms. The lowest BCUT2D eigenvalue weighted by Crippen LogP contribution is -2.37. The van der Waals surface area contributed by atoms with Gasteiger partial charge >= 0.3 is 0 Å². The van der Waals surface area contributed by atoms with Crippen LogP contribution in [0.5, 0.6) is 5.75 Å². The van der Waals surface area contributed by atoms with Gasteiger partial charge in [0.05, 0.1) is 24.5 Å². The first-order chi connectivity index (χ1) is 12.6. The predicted octanol–water partition coefficient (Wildman–Crippen LogP) is 3.30. The van der Waals surface area contributed by atoms with Crippen LogP contribution in [0.25, 0.3) is 0 Å². The standard InChI is InChI=1S/C20H21N3O3/c1-4-14(13-8-6-5-7-9-13)22-16-17(19(25)18(16)24)23-15-10-11-21-12(2)20(15)26-3/h5-11,14,22H,4H2,1-3H3,(H,21,23). The van der Waals surface area contributed by atoms with Crippen LogP contribution in [0.3, 0.4) is 0 Å². The van der Waals surface area contributed by atoms with Crippen LogP contribution in [-0.4, -0.2) is 12.1 Å². The fourth-order valence-electron chi connectivity index (χ4n) is 2.97. The maximum atomic E-state index is 12.1. The number of benzene rings is 1. The summed E-state index contributed by atoms with van der Waals surface area (Å²) in [5.41, 5.74) is 1.88. The van der Waals surface area contributed by atoms with Gasteiger partial charge in [0, 0.05) is 6.20 Å². The van der Waals surface area contributed by atoms with Crippen molar-refractivity contribution in [2.24, 2.45) is 0 Å². The Balaban J connectivity index is 1.90. The van der Waals surface area contributed by atoms with E-state index < -0.39 is 10.9 Å². The fourth-order valence-corrected chi connectivity index (χ4v) is 2.97. The maximum Gasteiger partial charge on any atom is 0.253 e. The minimum absolute atomic E-state index is 0.0545.